The number of allylic oxidation sites excluding steroid dienone is 1. The Bertz CT molecular complexity index is 89.3. The second-order valence-electron chi connectivity index (χ2n) is 2.59. The lowest BCUT2D eigenvalue weighted by Crippen LogP contribution is -2.07. The fourth-order valence-electron chi connectivity index (χ4n) is 0.656. The molecule has 0 rings (SSSR count). The summed E-state index contributed by atoms with van der Waals surface area (Å²) >= 11 is 0. The number of hydrogen-bond donors (Lipinski definition) is 0. The van der Waals surface area contributed by atoms with Gasteiger partial charge in [-0.1, -0.05) is 19.1 Å². The van der Waals surface area contributed by atoms with Gasteiger partial charge in [0.25, 0.3) is 0 Å². The summed E-state index contributed by atoms with van der Waals surface area (Å²) in [6.07, 6.45) is 6.60. The van der Waals surface area contributed by atoms with Crippen molar-refractivity contribution in [3.63, 3.8) is 0 Å². The zero-order valence-electron chi connectivity index (χ0n) is 7.26. The van der Waals surface area contributed by atoms with Gasteiger partial charge in [0, 0.05) is 6.61 Å². The number of rotatable bonds is 5. The van der Waals surface area contributed by atoms with Crippen molar-refractivity contribution in [3.8, 4) is 0 Å². The summed E-state index contributed by atoms with van der Waals surface area (Å²) in [6.45, 7) is 7.46. The maximum absolute atomic E-state index is 5.48. The molecule has 0 aromatic heterocycles. The largest absolute Gasteiger partial charge is 0.420 e. The van der Waals surface area contributed by atoms with Crippen molar-refractivity contribution in [1.29, 1.82) is 0 Å². The zero-order chi connectivity index (χ0) is 7.82. The van der Waals surface area contributed by atoms with Gasteiger partial charge in [-0.05, 0) is 25.9 Å². The average Bonchev–Trinajstić information content (AvgIpc) is 1.87. The molecule has 0 bridgehead atoms. The zero-order valence-corrected chi connectivity index (χ0v) is 8.42. The highest BCUT2D eigenvalue weighted by Crippen LogP contribution is 1.90. The highest BCUT2D eigenvalue weighted by Gasteiger charge is 1.91. The van der Waals surface area contributed by atoms with Crippen LogP contribution in [0.4, 0.5) is 0 Å². The maximum atomic E-state index is 5.48. The third-order valence-corrected chi connectivity index (χ3v) is 2.04. The van der Waals surface area contributed by atoms with E-state index in [4.69, 9.17) is 4.43 Å². The fraction of sp³-hybridized carbons (Fsp3) is 0.750. The van der Waals surface area contributed by atoms with E-state index in [2.05, 4.69) is 32.2 Å². The van der Waals surface area contributed by atoms with Crippen LogP contribution >= 0.6 is 0 Å². The molecule has 0 radical (unpaired) electrons. The molecule has 0 N–H and O–H groups in total. The van der Waals surface area contributed by atoms with Crippen molar-refractivity contribution >= 4 is 9.04 Å². The van der Waals surface area contributed by atoms with Crippen molar-refractivity contribution < 1.29 is 4.43 Å². The summed E-state index contributed by atoms with van der Waals surface area (Å²) in [5, 5.41) is 0. The van der Waals surface area contributed by atoms with Crippen LogP contribution in [0.1, 0.15) is 19.8 Å². The predicted octanol–water partition coefficient (Wildman–Crippen LogP) is 2.34. The van der Waals surface area contributed by atoms with E-state index in [-0.39, 0.29) is 0 Å². The maximum Gasteiger partial charge on any atom is 0.170 e. The molecule has 0 fully saturated rings. The van der Waals surface area contributed by atoms with Crippen molar-refractivity contribution in [1.82, 2.24) is 0 Å². The molecule has 0 aromatic carbocycles. The Morgan fingerprint density at radius 2 is 2.00 bits per heavy atom. The van der Waals surface area contributed by atoms with Crippen LogP contribution in [-0.4, -0.2) is 15.6 Å². The minimum Gasteiger partial charge on any atom is -0.420 e. The molecule has 0 spiro atoms. The Morgan fingerprint density at radius 3 is 2.50 bits per heavy atom. The fourth-order valence-corrected chi connectivity index (χ4v) is 1.26. The standard InChI is InChI=1S/C8H18OSi/c1-4-5-6-7-8-9-10(2)3/h5-6,10H,4,7-8H2,1-3H3. The van der Waals surface area contributed by atoms with Gasteiger partial charge >= 0.3 is 0 Å². The summed E-state index contributed by atoms with van der Waals surface area (Å²) in [5.74, 6) is 0. The molecule has 0 amide bonds. The third-order valence-electron chi connectivity index (χ3n) is 1.14. The molecule has 0 aliphatic carbocycles. The molecule has 0 aliphatic heterocycles. The summed E-state index contributed by atoms with van der Waals surface area (Å²) in [6, 6.07) is 0. The van der Waals surface area contributed by atoms with Crippen molar-refractivity contribution in [3.05, 3.63) is 12.2 Å². The van der Waals surface area contributed by atoms with E-state index < -0.39 is 9.04 Å². The van der Waals surface area contributed by atoms with Gasteiger partial charge in [0.05, 0.1) is 0 Å². The van der Waals surface area contributed by atoms with Gasteiger partial charge in [0.15, 0.2) is 9.04 Å². The molecule has 60 valence electrons. The lowest BCUT2D eigenvalue weighted by atomic mass is 10.3. The first-order chi connectivity index (χ1) is 4.77. The van der Waals surface area contributed by atoms with Gasteiger partial charge < -0.3 is 4.43 Å². The van der Waals surface area contributed by atoms with Crippen LogP contribution < -0.4 is 0 Å². The Morgan fingerprint density at radius 1 is 1.30 bits per heavy atom. The van der Waals surface area contributed by atoms with Crippen LogP contribution in [0.2, 0.25) is 13.1 Å². The average molecular weight is 158 g/mol. The van der Waals surface area contributed by atoms with Gasteiger partial charge in [0.1, 0.15) is 0 Å². The molecule has 0 saturated heterocycles. The van der Waals surface area contributed by atoms with Crippen LogP contribution in [0.15, 0.2) is 12.2 Å². The van der Waals surface area contributed by atoms with Crippen molar-refractivity contribution in [2.24, 2.45) is 0 Å². The normalized spacial score (nSPS) is 11.6. The minimum atomic E-state index is -0.756. The monoisotopic (exact) mass is 158 g/mol. The van der Waals surface area contributed by atoms with E-state index in [0.29, 0.717) is 0 Å². The van der Waals surface area contributed by atoms with Crippen LogP contribution in [0.25, 0.3) is 0 Å². The molecule has 0 atom stereocenters. The van der Waals surface area contributed by atoms with E-state index in [1.165, 1.54) is 0 Å². The molecule has 2 heteroatoms. The first-order valence-corrected chi connectivity index (χ1v) is 6.82. The van der Waals surface area contributed by atoms with Gasteiger partial charge in [0.2, 0.25) is 0 Å². The second-order valence-corrected chi connectivity index (χ2v) is 5.02. The van der Waals surface area contributed by atoms with Crippen LogP contribution in [0, 0.1) is 0 Å². The Hall–Kier alpha value is -0.0831. The summed E-state index contributed by atoms with van der Waals surface area (Å²) in [7, 11) is -0.756. The molecule has 1 nitrogen and oxygen atoms in total. The van der Waals surface area contributed by atoms with E-state index in [9.17, 15) is 0 Å². The van der Waals surface area contributed by atoms with Gasteiger partial charge in [-0.15, -0.1) is 0 Å². The van der Waals surface area contributed by atoms with Crippen molar-refractivity contribution in [2.75, 3.05) is 6.61 Å². The molecule has 0 aromatic rings. The molecular weight excluding hydrogens is 140 g/mol. The second kappa shape index (κ2) is 7.03. The smallest absolute Gasteiger partial charge is 0.170 e. The van der Waals surface area contributed by atoms with Crippen molar-refractivity contribution in [2.45, 2.75) is 32.9 Å². The highest BCUT2D eigenvalue weighted by atomic mass is 28.3. The molecule has 0 aliphatic rings. The molecule has 0 unspecified atom stereocenters. The topological polar surface area (TPSA) is 9.23 Å². The third kappa shape index (κ3) is 7.92. The first-order valence-electron chi connectivity index (χ1n) is 4.04. The SMILES string of the molecule is CCC=CCCO[SiH](C)C. The van der Waals surface area contributed by atoms with E-state index in [1.807, 2.05) is 0 Å². The Balaban J connectivity index is 2.97. The highest BCUT2D eigenvalue weighted by molar-refractivity contribution is 6.48. The van der Waals surface area contributed by atoms with Gasteiger partial charge in [-0.2, -0.15) is 0 Å². The van der Waals surface area contributed by atoms with E-state index >= 15 is 0 Å². The lowest BCUT2D eigenvalue weighted by Gasteiger charge is -2.02. The molecule has 0 saturated carbocycles. The van der Waals surface area contributed by atoms with Crippen LogP contribution in [0.5, 0.6) is 0 Å². The summed E-state index contributed by atoms with van der Waals surface area (Å²) < 4.78 is 5.48. The Kier molecular flexibility index (Phi) is 6.97. The first kappa shape index (κ1) is 9.92. The van der Waals surface area contributed by atoms with Crippen LogP contribution in [0.3, 0.4) is 0 Å². The summed E-state index contributed by atoms with van der Waals surface area (Å²) in [4.78, 5) is 0. The van der Waals surface area contributed by atoms with Gasteiger partial charge in [-0.25, -0.2) is 0 Å². The molecule has 10 heavy (non-hydrogen) atoms. The predicted molar refractivity (Wildman–Crippen MR) is 48.9 cm³/mol. The van der Waals surface area contributed by atoms with E-state index in [1.54, 1.807) is 0 Å². The quantitative estimate of drug-likeness (QED) is 0.339. The summed E-state index contributed by atoms with van der Waals surface area (Å²) in [5.41, 5.74) is 0. The van der Waals surface area contributed by atoms with E-state index in [0.717, 1.165) is 19.4 Å². The minimum absolute atomic E-state index is 0.756. The van der Waals surface area contributed by atoms with Gasteiger partial charge in [-0.3, -0.25) is 0 Å². The molecular formula is C8H18OSi. The Labute approximate surface area is 65.8 Å². The molecule has 0 heterocycles. The number of hydrogen-bond acceptors (Lipinski definition) is 1. The lowest BCUT2D eigenvalue weighted by molar-refractivity contribution is 0.334. The van der Waals surface area contributed by atoms with Crippen LogP contribution in [-0.2, 0) is 4.43 Å².